The van der Waals surface area contributed by atoms with Gasteiger partial charge in [0.15, 0.2) is 5.90 Å². The summed E-state index contributed by atoms with van der Waals surface area (Å²) in [5, 5.41) is 0. The highest BCUT2D eigenvalue weighted by atomic mass is 16.5. The summed E-state index contributed by atoms with van der Waals surface area (Å²) in [6.45, 7) is 0. The number of fused-ring (bicyclic) bond motifs is 1. The summed E-state index contributed by atoms with van der Waals surface area (Å²) in [5.74, 6) is 0.841. The molecular weight excluding hydrogens is 150 g/mol. The van der Waals surface area contributed by atoms with E-state index >= 15 is 0 Å². The molecule has 0 aliphatic carbocycles. The fraction of sp³-hybridized carbons (Fsp3) is 0.300. The van der Waals surface area contributed by atoms with Gasteiger partial charge in [0, 0.05) is 6.42 Å². The van der Waals surface area contributed by atoms with Gasteiger partial charge in [-0.1, -0.05) is 18.2 Å². The van der Waals surface area contributed by atoms with Crippen LogP contribution in [-0.2, 0) is 11.2 Å². The van der Waals surface area contributed by atoms with Crippen molar-refractivity contribution in [2.45, 2.75) is 12.8 Å². The largest absolute Gasteiger partial charge is 0.484 e. The van der Waals surface area contributed by atoms with Crippen molar-refractivity contribution in [3.63, 3.8) is 0 Å². The second-order valence-electron chi connectivity index (χ2n) is 2.84. The number of aryl methyl sites for hydroxylation is 1. The zero-order valence-electron chi connectivity index (χ0n) is 7.08. The minimum Gasteiger partial charge on any atom is -0.484 e. The van der Waals surface area contributed by atoms with Gasteiger partial charge < -0.3 is 4.74 Å². The van der Waals surface area contributed by atoms with E-state index in [1.807, 2.05) is 18.2 Å². The average molecular weight is 161 g/mol. The van der Waals surface area contributed by atoms with E-state index in [4.69, 9.17) is 4.74 Å². The molecule has 62 valence electrons. The zero-order valence-corrected chi connectivity index (χ0v) is 7.08. The Morgan fingerprint density at radius 1 is 1.25 bits per heavy atom. The minimum atomic E-state index is 0.841. The molecule has 1 aromatic rings. The highest BCUT2D eigenvalue weighted by Crippen LogP contribution is 2.24. The highest BCUT2D eigenvalue weighted by Gasteiger charge is 2.10. The van der Waals surface area contributed by atoms with E-state index in [0.717, 1.165) is 24.4 Å². The van der Waals surface area contributed by atoms with E-state index in [1.54, 1.807) is 7.11 Å². The number of methoxy groups -OCH3 is 1. The Balaban J connectivity index is 2.41. The Morgan fingerprint density at radius 2 is 2.08 bits per heavy atom. The Labute approximate surface area is 71.9 Å². The molecular formula is C10H11NO. The number of para-hydroxylation sites is 1. The topological polar surface area (TPSA) is 21.6 Å². The van der Waals surface area contributed by atoms with Gasteiger partial charge in [-0.15, -0.1) is 0 Å². The summed E-state index contributed by atoms with van der Waals surface area (Å²) in [6, 6.07) is 8.19. The molecule has 1 heterocycles. The predicted octanol–water partition coefficient (Wildman–Crippen LogP) is 2.31. The van der Waals surface area contributed by atoms with Gasteiger partial charge in [-0.05, 0) is 18.1 Å². The number of nitrogens with zero attached hydrogens (tertiary/aromatic N) is 1. The van der Waals surface area contributed by atoms with Gasteiger partial charge in [-0.3, -0.25) is 0 Å². The molecule has 0 fully saturated rings. The standard InChI is InChI=1S/C10H11NO/c1-12-10-7-6-8-4-2-3-5-9(8)11-10/h2-5H,6-7H2,1H3. The molecule has 1 aliphatic rings. The number of hydrogen-bond acceptors (Lipinski definition) is 2. The SMILES string of the molecule is COC1=Nc2ccccc2CC1. The number of aliphatic imine (C=N–C) groups is 1. The van der Waals surface area contributed by atoms with Crippen LogP contribution in [0.15, 0.2) is 29.3 Å². The smallest absolute Gasteiger partial charge is 0.188 e. The Kier molecular flexibility index (Phi) is 1.82. The monoisotopic (exact) mass is 161 g/mol. The lowest BCUT2D eigenvalue weighted by molar-refractivity contribution is 0.389. The molecule has 0 aromatic heterocycles. The summed E-state index contributed by atoms with van der Waals surface area (Å²) in [6.07, 6.45) is 1.97. The summed E-state index contributed by atoms with van der Waals surface area (Å²) >= 11 is 0. The molecule has 0 N–H and O–H groups in total. The van der Waals surface area contributed by atoms with Gasteiger partial charge in [0.05, 0.1) is 12.8 Å². The van der Waals surface area contributed by atoms with Crippen LogP contribution in [0.25, 0.3) is 0 Å². The molecule has 2 heteroatoms. The molecule has 0 unspecified atom stereocenters. The van der Waals surface area contributed by atoms with Gasteiger partial charge in [0.2, 0.25) is 0 Å². The molecule has 0 amide bonds. The van der Waals surface area contributed by atoms with Crippen molar-refractivity contribution >= 4 is 11.6 Å². The van der Waals surface area contributed by atoms with E-state index in [-0.39, 0.29) is 0 Å². The number of benzene rings is 1. The van der Waals surface area contributed by atoms with E-state index in [0.29, 0.717) is 0 Å². The van der Waals surface area contributed by atoms with Crippen molar-refractivity contribution in [3.8, 4) is 0 Å². The fourth-order valence-corrected chi connectivity index (χ4v) is 1.41. The number of ether oxygens (including phenoxy) is 1. The van der Waals surface area contributed by atoms with E-state index in [1.165, 1.54) is 5.56 Å². The molecule has 1 aromatic carbocycles. The molecule has 0 radical (unpaired) electrons. The zero-order chi connectivity index (χ0) is 8.39. The molecule has 0 saturated carbocycles. The third kappa shape index (κ3) is 1.20. The maximum Gasteiger partial charge on any atom is 0.188 e. The van der Waals surface area contributed by atoms with Gasteiger partial charge in [-0.2, -0.15) is 0 Å². The summed E-state index contributed by atoms with van der Waals surface area (Å²) in [4.78, 5) is 4.36. The molecule has 0 saturated heterocycles. The first kappa shape index (κ1) is 7.35. The van der Waals surface area contributed by atoms with Crippen LogP contribution in [0, 0.1) is 0 Å². The van der Waals surface area contributed by atoms with E-state index < -0.39 is 0 Å². The van der Waals surface area contributed by atoms with E-state index in [9.17, 15) is 0 Å². The molecule has 2 rings (SSSR count). The van der Waals surface area contributed by atoms with Crippen LogP contribution in [0.5, 0.6) is 0 Å². The summed E-state index contributed by atoms with van der Waals surface area (Å²) in [5.41, 5.74) is 2.37. The van der Waals surface area contributed by atoms with Crippen LogP contribution in [0.3, 0.4) is 0 Å². The van der Waals surface area contributed by atoms with Crippen molar-refractivity contribution in [3.05, 3.63) is 29.8 Å². The highest BCUT2D eigenvalue weighted by molar-refractivity contribution is 5.82. The molecule has 0 bridgehead atoms. The lowest BCUT2D eigenvalue weighted by atomic mass is 10.1. The van der Waals surface area contributed by atoms with Crippen molar-refractivity contribution in [1.82, 2.24) is 0 Å². The summed E-state index contributed by atoms with van der Waals surface area (Å²) in [7, 11) is 1.67. The molecule has 12 heavy (non-hydrogen) atoms. The van der Waals surface area contributed by atoms with Crippen molar-refractivity contribution < 1.29 is 4.74 Å². The normalized spacial score (nSPS) is 14.9. The molecule has 0 atom stereocenters. The lowest BCUT2D eigenvalue weighted by Crippen LogP contribution is -2.07. The maximum atomic E-state index is 5.10. The average Bonchev–Trinajstić information content (AvgIpc) is 2.17. The van der Waals surface area contributed by atoms with Crippen molar-refractivity contribution in [2.75, 3.05) is 7.11 Å². The van der Waals surface area contributed by atoms with Gasteiger partial charge in [-0.25, -0.2) is 4.99 Å². The van der Waals surface area contributed by atoms with Crippen LogP contribution in [0.4, 0.5) is 5.69 Å². The molecule has 2 nitrogen and oxygen atoms in total. The van der Waals surface area contributed by atoms with Gasteiger partial charge in [0.1, 0.15) is 0 Å². The van der Waals surface area contributed by atoms with Crippen LogP contribution in [0.2, 0.25) is 0 Å². The molecule has 0 spiro atoms. The van der Waals surface area contributed by atoms with Gasteiger partial charge in [0.25, 0.3) is 0 Å². The van der Waals surface area contributed by atoms with Gasteiger partial charge >= 0.3 is 0 Å². The van der Waals surface area contributed by atoms with Crippen molar-refractivity contribution in [2.24, 2.45) is 4.99 Å². The van der Waals surface area contributed by atoms with Crippen LogP contribution in [-0.4, -0.2) is 13.0 Å². The second kappa shape index (κ2) is 2.97. The Bertz CT molecular complexity index is 317. The minimum absolute atomic E-state index is 0.841. The quantitative estimate of drug-likeness (QED) is 0.572. The summed E-state index contributed by atoms with van der Waals surface area (Å²) < 4.78 is 5.10. The van der Waals surface area contributed by atoms with Crippen LogP contribution in [0.1, 0.15) is 12.0 Å². The first-order valence-electron chi connectivity index (χ1n) is 4.09. The van der Waals surface area contributed by atoms with E-state index in [2.05, 4.69) is 11.1 Å². The van der Waals surface area contributed by atoms with Crippen molar-refractivity contribution in [1.29, 1.82) is 0 Å². The number of rotatable bonds is 0. The van der Waals surface area contributed by atoms with Crippen LogP contribution < -0.4 is 0 Å². The second-order valence-corrected chi connectivity index (χ2v) is 2.84. The fourth-order valence-electron chi connectivity index (χ4n) is 1.41. The maximum absolute atomic E-state index is 5.10. The molecule has 1 aliphatic heterocycles. The number of hydrogen-bond donors (Lipinski definition) is 0. The predicted molar refractivity (Wildman–Crippen MR) is 48.9 cm³/mol. The third-order valence-corrected chi connectivity index (χ3v) is 2.08. The lowest BCUT2D eigenvalue weighted by Gasteiger charge is -2.13. The first-order chi connectivity index (χ1) is 5.90. The Hall–Kier alpha value is -1.31. The first-order valence-corrected chi connectivity index (χ1v) is 4.09. The van der Waals surface area contributed by atoms with Crippen LogP contribution >= 0.6 is 0 Å². The Morgan fingerprint density at radius 3 is 2.92 bits per heavy atom. The third-order valence-electron chi connectivity index (χ3n) is 2.08.